The minimum Gasteiger partial charge on any atom is -0.369 e. The first kappa shape index (κ1) is 21.2. The number of nitrogens with one attached hydrogen (secondary N) is 1. The number of anilines is 1. The van der Waals surface area contributed by atoms with Crippen LogP contribution in [-0.4, -0.2) is 45.8 Å². The predicted octanol–water partition coefficient (Wildman–Crippen LogP) is 4.99. The van der Waals surface area contributed by atoms with E-state index in [1.165, 1.54) is 56.3 Å². The highest BCUT2D eigenvalue weighted by Crippen LogP contribution is 2.41. The largest absolute Gasteiger partial charge is 0.369 e. The van der Waals surface area contributed by atoms with E-state index in [4.69, 9.17) is 4.98 Å². The number of hydrogen-bond acceptors (Lipinski definition) is 7. The molecule has 0 aromatic carbocycles. The van der Waals surface area contributed by atoms with Gasteiger partial charge < -0.3 is 10.2 Å². The van der Waals surface area contributed by atoms with Crippen molar-refractivity contribution in [3.63, 3.8) is 0 Å². The van der Waals surface area contributed by atoms with E-state index < -0.39 is 0 Å². The molecular weight excluding hydrogens is 428 g/mol. The lowest BCUT2D eigenvalue weighted by Gasteiger charge is -2.35. The van der Waals surface area contributed by atoms with E-state index in [2.05, 4.69) is 50.5 Å². The normalized spacial score (nSPS) is 21.8. The lowest BCUT2D eigenvalue weighted by molar-refractivity contribution is 0.416. The van der Waals surface area contributed by atoms with Crippen LogP contribution in [0.15, 0.2) is 36.8 Å². The van der Waals surface area contributed by atoms with Crippen molar-refractivity contribution >= 4 is 17.0 Å². The highest BCUT2D eigenvalue weighted by atomic mass is 32.1. The predicted molar refractivity (Wildman–Crippen MR) is 133 cm³/mol. The van der Waals surface area contributed by atoms with E-state index >= 15 is 0 Å². The van der Waals surface area contributed by atoms with Crippen LogP contribution in [0.2, 0.25) is 0 Å². The molecule has 33 heavy (non-hydrogen) atoms. The molecule has 2 atom stereocenters. The molecule has 3 aliphatic rings. The zero-order valence-electron chi connectivity index (χ0n) is 19.3. The average Bonchev–Trinajstić information content (AvgIpc) is 3.81. The molecule has 3 aromatic heterocycles. The van der Waals surface area contributed by atoms with E-state index in [1.54, 1.807) is 11.3 Å². The molecule has 1 N–H and O–H groups in total. The molecule has 172 valence electrons. The molecule has 0 amide bonds. The molecule has 0 spiro atoms. The van der Waals surface area contributed by atoms with Gasteiger partial charge in [-0.1, -0.05) is 18.3 Å². The number of pyridine rings is 2. The van der Waals surface area contributed by atoms with Crippen LogP contribution in [0.1, 0.15) is 73.5 Å². The van der Waals surface area contributed by atoms with Crippen LogP contribution in [0.4, 0.5) is 5.69 Å². The van der Waals surface area contributed by atoms with E-state index in [-0.39, 0.29) is 5.92 Å². The smallest absolute Gasteiger partial charge is 0.149 e. The van der Waals surface area contributed by atoms with Crippen molar-refractivity contribution in [2.24, 2.45) is 5.92 Å². The summed E-state index contributed by atoms with van der Waals surface area (Å²) in [6, 6.07) is 7.23. The third-order valence-electron chi connectivity index (χ3n) is 7.26. The number of piperidine rings is 1. The zero-order chi connectivity index (χ0) is 22.2. The summed E-state index contributed by atoms with van der Waals surface area (Å²) in [7, 11) is 0. The Morgan fingerprint density at radius 2 is 2.00 bits per heavy atom. The quantitative estimate of drug-likeness (QED) is 0.511. The zero-order valence-corrected chi connectivity index (χ0v) is 20.1. The summed E-state index contributed by atoms with van der Waals surface area (Å²) in [5.74, 6) is 1.75. The maximum Gasteiger partial charge on any atom is 0.149 e. The van der Waals surface area contributed by atoms with Crippen molar-refractivity contribution in [1.82, 2.24) is 25.5 Å². The third-order valence-corrected chi connectivity index (χ3v) is 8.41. The van der Waals surface area contributed by atoms with Crippen LogP contribution in [0.3, 0.4) is 0 Å². The van der Waals surface area contributed by atoms with Crippen LogP contribution in [-0.2, 0) is 0 Å². The maximum atomic E-state index is 4.83. The molecule has 1 aliphatic heterocycles. The van der Waals surface area contributed by atoms with Crippen molar-refractivity contribution < 1.29 is 0 Å². The van der Waals surface area contributed by atoms with Crippen molar-refractivity contribution in [2.75, 3.05) is 24.5 Å². The molecule has 3 aromatic rings. The van der Waals surface area contributed by atoms with Crippen LogP contribution in [0.5, 0.6) is 0 Å². The second-order valence-corrected chi connectivity index (χ2v) is 11.0. The van der Waals surface area contributed by atoms with E-state index in [0.717, 1.165) is 40.3 Å². The fourth-order valence-corrected chi connectivity index (χ4v) is 5.63. The third kappa shape index (κ3) is 4.94. The number of rotatable bonds is 8. The van der Waals surface area contributed by atoms with Crippen molar-refractivity contribution in [3.05, 3.63) is 53.1 Å². The highest BCUT2D eigenvalue weighted by Gasteiger charge is 2.26. The summed E-state index contributed by atoms with van der Waals surface area (Å²) in [6.45, 7) is 5.56. The Bertz CT molecular complexity index is 1090. The van der Waals surface area contributed by atoms with Crippen molar-refractivity contribution in [2.45, 2.75) is 63.3 Å². The van der Waals surface area contributed by atoms with Gasteiger partial charge in [-0.3, -0.25) is 9.97 Å². The summed E-state index contributed by atoms with van der Waals surface area (Å²) in [4.78, 5) is 11.8. The van der Waals surface area contributed by atoms with Gasteiger partial charge in [0.05, 0.1) is 23.5 Å². The molecular formula is C26H32N6S. The Morgan fingerprint density at radius 3 is 2.79 bits per heavy atom. The van der Waals surface area contributed by atoms with Gasteiger partial charge in [0.1, 0.15) is 10.0 Å². The Labute approximate surface area is 199 Å². The first-order chi connectivity index (χ1) is 16.2. The van der Waals surface area contributed by atoms with Gasteiger partial charge in [-0.15, -0.1) is 10.2 Å². The van der Waals surface area contributed by atoms with Gasteiger partial charge in [0.15, 0.2) is 0 Å². The van der Waals surface area contributed by atoms with Gasteiger partial charge in [-0.2, -0.15) is 0 Å². The summed E-state index contributed by atoms with van der Waals surface area (Å²) >= 11 is 1.65. The molecule has 0 bridgehead atoms. The maximum absolute atomic E-state index is 4.83. The molecule has 1 saturated heterocycles. The lowest BCUT2D eigenvalue weighted by atomic mass is 10.0. The fourth-order valence-electron chi connectivity index (χ4n) is 4.74. The molecule has 2 saturated carbocycles. The van der Waals surface area contributed by atoms with Crippen LogP contribution >= 0.6 is 11.3 Å². The molecule has 6 nitrogen and oxygen atoms in total. The Morgan fingerprint density at radius 1 is 1.09 bits per heavy atom. The first-order valence-electron chi connectivity index (χ1n) is 12.5. The van der Waals surface area contributed by atoms with Gasteiger partial charge in [-0.05, 0) is 80.7 Å². The molecule has 2 unspecified atom stereocenters. The minimum atomic E-state index is 0.124. The highest BCUT2D eigenvalue weighted by molar-refractivity contribution is 7.14. The van der Waals surface area contributed by atoms with Gasteiger partial charge in [0, 0.05) is 37.1 Å². The topological polar surface area (TPSA) is 66.8 Å². The van der Waals surface area contributed by atoms with Gasteiger partial charge in [0.25, 0.3) is 0 Å². The Hall–Kier alpha value is -2.38. The second kappa shape index (κ2) is 9.11. The van der Waals surface area contributed by atoms with Crippen LogP contribution < -0.4 is 10.2 Å². The van der Waals surface area contributed by atoms with E-state index in [0.29, 0.717) is 12.0 Å². The SMILES string of the molecule is CC(c1ccc(N2CCCC(NCC3CC3)C2)cn1)c1nnc(-c2cncc(C3CC3)c2)s1. The number of aromatic nitrogens is 4. The molecule has 7 heteroatoms. The molecule has 4 heterocycles. The van der Waals surface area contributed by atoms with Crippen LogP contribution in [0, 0.1) is 5.92 Å². The molecule has 3 fully saturated rings. The lowest BCUT2D eigenvalue weighted by Crippen LogP contribution is -2.46. The van der Waals surface area contributed by atoms with Crippen LogP contribution in [0.25, 0.3) is 10.6 Å². The molecule has 6 rings (SSSR count). The standard InChI is InChI=1S/C26H32N6S/c1-17(25-30-31-26(33-25)21-11-20(13-27-14-21)19-6-7-19)24-9-8-23(15-29-24)32-10-2-3-22(16-32)28-12-18-4-5-18/h8-9,11,13-15,17-19,22,28H,2-7,10,12,16H2,1H3. The minimum absolute atomic E-state index is 0.124. The number of nitrogens with zero attached hydrogens (tertiary/aromatic N) is 5. The summed E-state index contributed by atoms with van der Waals surface area (Å²) in [5.41, 5.74) is 4.68. The van der Waals surface area contributed by atoms with Gasteiger partial charge in [0.2, 0.25) is 0 Å². The molecule has 0 radical (unpaired) electrons. The first-order valence-corrected chi connectivity index (χ1v) is 13.3. The second-order valence-electron chi connectivity index (χ2n) is 10.0. The summed E-state index contributed by atoms with van der Waals surface area (Å²) < 4.78 is 0. The number of hydrogen-bond donors (Lipinski definition) is 1. The Kier molecular flexibility index (Phi) is 5.84. The summed E-state index contributed by atoms with van der Waals surface area (Å²) in [6.07, 6.45) is 13.8. The average molecular weight is 461 g/mol. The van der Waals surface area contributed by atoms with Crippen molar-refractivity contribution in [1.29, 1.82) is 0 Å². The Balaban J connectivity index is 1.11. The van der Waals surface area contributed by atoms with Crippen molar-refractivity contribution in [3.8, 4) is 10.6 Å². The fraction of sp³-hybridized carbons (Fsp3) is 0.538. The van der Waals surface area contributed by atoms with Gasteiger partial charge in [-0.25, -0.2) is 0 Å². The van der Waals surface area contributed by atoms with E-state index in [1.807, 2.05) is 18.6 Å². The van der Waals surface area contributed by atoms with Gasteiger partial charge >= 0.3 is 0 Å². The van der Waals surface area contributed by atoms with E-state index in [9.17, 15) is 0 Å². The monoisotopic (exact) mass is 460 g/mol. The molecule has 2 aliphatic carbocycles. The summed E-state index contributed by atoms with van der Waals surface area (Å²) in [5, 5.41) is 14.7.